The van der Waals surface area contributed by atoms with Gasteiger partial charge in [0.1, 0.15) is 5.75 Å². The van der Waals surface area contributed by atoms with Gasteiger partial charge in [-0.25, -0.2) is 0 Å². The van der Waals surface area contributed by atoms with Crippen LogP contribution in [0.25, 0.3) is 11.3 Å². The second-order valence-electron chi connectivity index (χ2n) is 7.06. The van der Waals surface area contributed by atoms with E-state index in [1.54, 1.807) is 7.11 Å². The number of methoxy groups -OCH3 is 1. The van der Waals surface area contributed by atoms with E-state index >= 15 is 0 Å². The van der Waals surface area contributed by atoms with Gasteiger partial charge in [-0.15, -0.1) is 0 Å². The number of aryl methyl sites for hydroxylation is 1. The first kappa shape index (κ1) is 17.3. The Hall–Kier alpha value is -3.08. The molecule has 5 nitrogen and oxygen atoms in total. The third kappa shape index (κ3) is 3.45. The molecule has 1 fully saturated rings. The number of carbonyl (C=O) groups excluding carboxylic acids is 1. The van der Waals surface area contributed by atoms with Crippen LogP contribution in [0.3, 0.4) is 0 Å². The molecule has 2 aromatic carbocycles. The summed E-state index contributed by atoms with van der Waals surface area (Å²) < 4.78 is 10.8. The summed E-state index contributed by atoms with van der Waals surface area (Å²) >= 11 is 0. The highest BCUT2D eigenvalue weighted by molar-refractivity contribution is 5.91. The normalized spacial score (nSPS) is 14.6. The van der Waals surface area contributed by atoms with Crippen molar-refractivity contribution in [3.05, 3.63) is 71.4 Å². The van der Waals surface area contributed by atoms with Crippen molar-refractivity contribution in [2.45, 2.75) is 31.7 Å². The average molecular weight is 362 g/mol. The summed E-state index contributed by atoms with van der Waals surface area (Å²) in [5, 5.41) is 7.24. The zero-order valence-corrected chi connectivity index (χ0v) is 15.5. The molecule has 1 heterocycles. The number of rotatable bonds is 6. The Morgan fingerprint density at radius 3 is 2.67 bits per heavy atom. The quantitative estimate of drug-likeness (QED) is 0.720. The van der Waals surface area contributed by atoms with Gasteiger partial charge in [-0.1, -0.05) is 47.1 Å². The number of carbonyl (C=O) groups is 1. The Bertz CT molecular complexity index is 956. The number of nitrogens with zero attached hydrogens (tertiary/aromatic N) is 1. The van der Waals surface area contributed by atoms with Crippen molar-refractivity contribution in [1.29, 1.82) is 0 Å². The monoisotopic (exact) mass is 362 g/mol. The molecule has 0 atom stereocenters. The average Bonchev–Trinajstić information content (AvgIpc) is 3.37. The molecule has 0 spiro atoms. The first-order valence-electron chi connectivity index (χ1n) is 9.06. The molecular weight excluding hydrogens is 340 g/mol. The van der Waals surface area contributed by atoms with Crippen molar-refractivity contribution in [1.82, 2.24) is 10.5 Å². The molecule has 0 aliphatic heterocycles. The minimum Gasteiger partial charge on any atom is -0.497 e. The number of hydrogen-bond acceptors (Lipinski definition) is 4. The van der Waals surface area contributed by atoms with Crippen molar-refractivity contribution in [2.75, 3.05) is 7.11 Å². The van der Waals surface area contributed by atoms with Gasteiger partial charge in [-0.05, 0) is 37.5 Å². The first-order valence-corrected chi connectivity index (χ1v) is 9.06. The van der Waals surface area contributed by atoms with E-state index in [0.29, 0.717) is 18.0 Å². The summed E-state index contributed by atoms with van der Waals surface area (Å²) in [5.41, 5.74) is 3.30. The predicted molar refractivity (Wildman–Crippen MR) is 102 cm³/mol. The molecule has 1 N–H and O–H groups in total. The standard InChI is InChI=1S/C22H22N2O3/c1-15-6-8-16(9-7-15)14-23-21(25)22(10-11-22)20-13-19(27-24-20)17-4-3-5-18(12-17)26-2/h3-9,12-13H,10-11,14H2,1-2H3,(H,23,25). The van der Waals surface area contributed by atoms with Crippen molar-refractivity contribution >= 4 is 5.91 Å². The highest BCUT2D eigenvalue weighted by Crippen LogP contribution is 2.48. The van der Waals surface area contributed by atoms with Crippen molar-refractivity contribution in [3.8, 4) is 17.1 Å². The van der Waals surface area contributed by atoms with E-state index in [1.165, 1.54) is 5.56 Å². The van der Waals surface area contributed by atoms with Crippen molar-refractivity contribution in [3.63, 3.8) is 0 Å². The zero-order valence-electron chi connectivity index (χ0n) is 15.5. The van der Waals surface area contributed by atoms with E-state index in [9.17, 15) is 4.79 Å². The lowest BCUT2D eigenvalue weighted by atomic mass is 10.00. The molecule has 138 valence electrons. The Labute approximate surface area is 158 Å². The summed E-state index contributed by atoms with van der Waals surface area (Å²) in [7, 11) is 1.63. The van der Waals surface area contributed by atoms with E-state index in [-0.39, 0.29) is 5.91 Å². The van der Waals surface area contributed by atoms with Gasteiger partial charge in [0.2, 0.25) is 5.91 Å². The Balaban J connectivity index is 1.48. The van der Waals surface area contributed by atoms with Crippen LogP contribution in [0.15, 0.2) is 59.1 Å². The number of nitrogens with one attached hydrogen (secondary N) is 1. The first-order chi connectivity index (χ1) is 13.1. The molecule has 27 heavy (non-hydrogen) atoms. The summed E-state index contributed by atoms with van der Waals surface area (Å²) in [6.45, 7) is 2.56. The predicted octanol–water partition coefficient (Wildman–Crippen LogP) is 4.01. The molecule has 1 saturated carbocycles. The molecule has 3 aromatic rings. The topological polar surface area (TPSA) is 64.4 Å². The minimum atomic E-state index is -0.564. The molecule has 0 radical (unpaired) electrons. The van der Waals surface area contributed by atoms with Gasteiger partial charge in [0, 0.05) is 18.2 Å². The Morgan fingerprint density at radius 2 is 1.96 bits per heavy atom. The molecule has 1 aliphatic carbocycles. The van der Waals surface area contributed by atoms with Gasteiger partial charge in [0.05, 0.1) is 18.2 Å². The number of amides is 1. The van der Waals surface area contributed by atoms with Crippen molar-refractivity contribution < 1.29 is 14.1 Å². The third-order valence-electron chi connectivity index (χ3n) is 5.11. The smallest absolute Gasteiger partial charge is 0.232 e. The van der Waals surface area contributed by atoms with Gasteiger partial charge in [-0.2, -0.15) is 0 Å². The Kier molecular flexibility index (Phi) is 4.44. The second-order valence-corrected chi connectivity index (χ2v) is 7.06. The summed E-state index contributed by atoms with van der Waals surface area (Å²) in [4.78, 5) is 12.8. The molecule has 0 bridgehead atoms. The molecule has 4 rings (SSSR count). The molecule has 1 aromatic heterocycles. The molecule has 0 saturated heterocycles. The number of ether oxygens (including phenoxy) is 1. The number of aromatic nitrogens is 1. The lowest BCUT2D eigenvalue weighted by molar-refractivity contribution is -0.123. The maximum Gasteiger partial charge on any atom is 0.232 e. The lowest BCUT2D eigenvalue weighted by Gasteiger charge is -2.12. The summed E-state index contributed by atoms with van der Waals surface area (Å²) in [6, 6.07) is 17.6. The minimum absolute atomic E-state index is 0.00793. The number of benzene rings is 2. The summed E-state index contributed by atoms with van der Waals surface area (Å²) in [5.74, 6) is 1.40. The van der Waals surface area contributed by atoms with E-state index in [4.69, 9.17) is 9.26 Å². The van der Waals surface area contributed by atoms with E-state index in [0.717, 1.165) is 29.7 Å². The van der Waals surface area contributed by atoms with Crippen LogP contribution in [0, 0.1) is 6.92 Å². The van der Waals surface area contributed by atoms with E-state index in [1.807, 2.05) is 61.5 Å². The third-order valence-corrected chi connectivity index (χ3v) is 5.11. The largest absolute Gasteiger partial charge is 0.497 e. The molecule has 5 heteroatoms. The van der Waals surface area contributed by atoms with Crippen LogP contribution in [0.5, 0.6) is 5.75 Å². The highest BCUT2D eigenvalue weighted by atomic mass is 16.5. The fraction of sp³-hybridized carbons (Fsp3) is 0.273. The molecule has 0 unspecified atom stereocenters. The van der Waals surface area contributed by atoms with Crippen LogP contribution in [0.1, 0.15) is 29.7 Å². The van der Waals surface area contributed by atoms with Crippen LogP contribution < -0.4 is 10.1 Å². The molecule has 1 aliphatic rings. The zero-order chi connectivity index (χ0) is 18.9. The Morgan fingerprint density at radius 1 is 1.19 bits per heavy atom. The molecular formula is C22H22N2O3. The highest BCUT2D eigenvalue weighted by Gasteiger charge is 2.53. The van der Waals surface area contributed by atoms with E-state index < -0.39 is 5.41 Å². The van der Waals surface area contributed by atoms with Gasteiger partial charge >= 0.3 is 0 Å². The SMILES string of the molecule is COc1cccc(-c2cc(C3(C(=O)NCc4ccc(C)cc4)CC3)no2)c1. The van der Waals surface area contributed by atoms with Crippen molar-refractivity contribution in [2.24, 2.45) is 0 Å². The van der Waals surface area contributed by atoms with Crippen LogP contribution in [0.4, 0.5) is 0 Å². The lowest BCUT2D eigenvalue weighted by Crippen LogP contribution is -2.34. The van der Waals surface area contributed by atoms with Gasteiger partial charge in [0.15, 0.2) is 5.76 Å². The fourth-order valence-electron chi connectivity index (χ4n) is 3.20. The maximum atomic E-state index is 12.8. The van der Waals surface area contributed by atoms with Gasteiger partial charge in [0.25, 0.3) is 0 Å². The summed E-state index contributed by atoms with van der Waals surface area (Å²) in [6.07, 6.45) is 1.58. The number of hydrogen-bond donors (Lipinski definition) is 1. The van der Waals surface area contributed by atoms with Crippen LogP contribution in [-0.4, -0.2) is 18.2 Å². The second kappa shape index (κ2) is 6.91. The van der Waals surface area contributed by atoms with Gasteiger partial charge in [-0.3, -0.25) is 4.79 Å². The van der Waals surface area contributed by atoms with Crippen LogP contribution in [-0.2, 0) is 16.8 Å². The van der Waals surface area contributed by atoms with Gasteiger partial charge < -0.3 is 14.6 Å². The van der Waals surface area contributed by atoms with E-state index in [2.05, 4.69) is 10.5 Å². The fourth-order valence-corrected chi connectivity index (χ4v) is 3.20. The van der Waals surface area contributed by atoms with Crippen LogP contribution >= 0.6 is 0 Å². The molecule has 1 amide bonds. The maximum absolute atomic E-state index is 12.8. The van der Waals surface area contributed by atoms with Crippen LogP contribution in [0.2, 0.25) is 0 Å².